The molecular formula is C12H11N3O2S. The van der Waals surface area contributed by atoms with Crippen molar-refractivity contribution < 1.29 is 9.90 Å². The molecule has 1 atom stereocenters. The maximum atomic E-state index is 11.0. The van der Waals surface area contributed by atoms with Crippen molar-refractivity contribution >= 4 is 33.3 Å². The molecule has 0 radical (unpaired) electrons. The van der Waals surface area contributed by atoms with Crippen LogP contribution in [0.15, 0.2) is 12.4 Å². The van der Waals surface area contributed by atoms with Crippen molar-refractivity contribution in [2.24, 2.45) is 0 Å². The minimum absolute atomic E-state index is 0.101. The molecule has 0 amide bonds. The number of fused-ring (bicyclic) bond motifs is 1. The summed E-state index contributed by atoms with van der Waals surface area (Å²) in [7, 11) is 0. The van der Waals surface area contributed by atoms with Gasteiger partial charge < -0.3 is 10.4 Å². The Hall–Kier alpha value is -2.13. The summed E-state index contributed by atoms with van der Waals surface area (Å²) < 4.78 is 0. The molecule has 2 N–H and O–H groups in total. The van der Waals surface area contributed by atoms with Gasteiger partial charge in [-0.3, -0.25) is 0 Å². The number of aromatic nitrogens is 2. The van der Waals surface area contributed by atoms with Crippen LogP contribution in [0.2, 0.25) is 0 Å². The summed E-state index contributed by atoms with van der Waals surface area (Å²) in [4.78, 5) is 21.2. The SMILES string of the molecule is C#CCC(Nc1ncnc2sc(C)cc12)C(=O)O. The zero-order valence-corrected chi connectivity index (χ0v) is 10.5. The lowest BCUT2D eigenvalue weighted by Gasteiger charge is -2.12. The molecule has 0 spiro atoms. The molecule has 0 fully saturated rings. The summed E-state index contributed by atoms with van der Waals surface area (Å²) in [5.41, 5.74) is 0. The molecule has 2 rings (SSSR count). The lowest BCUT2D eigenvalue weighted by atomic mass is 10.2. The minimum Gasteiger partial charge on any atom is -0.480 e. The van der Waals surface area contributed by atoms with Gasteiger partial charge in [-0.15, -0.1) is 23.7 Å². The first kappa shape index (κ1) is 12.3. The number of hydrogen-bond donors (Lipinski definition) is 2. The summed E-state index contributed by atoms with van der Waals surface area (Å²) in [6, 6.07) is 1.09. The van der Waals surface area contributed by atoms with Crippen molar-refractivity contribution in [2.75, 3.05) is 5.32 Å². The molecule has 1 unspecified atom stereocenters. The first-order valence-corrected chi connectivity index (χ1v) is 6.07. The number of thiophene rings is 1. The number of nitrogens with one attached hydrogen (secondary N) is 1. The number of hydrogen-bond acceptors (Lipinski definition) is 5. The van der Waals surface area contributed by atoms with Crippen LogP contribution in [0.5, 0.6) is 0 Å². The molecule has 0 saturated carbocycles. The molecule has 6 heteroatoms. The Morgan fingerprint density at radius 3 is 3.11 bits per heavy atom. The molecule has 2 aromatic rings. The lowest BCUT2D eigenvalue weighted by molar-refractivity contribution is -0.137. The number of carboxylic acids is 1. The first-order chi connectivity index (χ1) is 8.61. The van der Waals surface area contributed by atoms with Crippen molar-refractivity contribution in [3.8, 4) is 12.3 Å². The second-order valence-corrected chi connectivity index (χ2v) is 4.98. The number of aryl methyl sites for hydroxylation is 1. The van der Waals surface area contributed by atoms with Gasteiger partial charge in [0.2, 0.25) is 0 Å². The normalized spacial score (nSPS) is 12.0. The van der Waals surface area contributed by atoms with Gasteiger partial charge in [-0.1, -0.05) is 0 Å². The maximum Gasteiger partial charge on any atom is 0.327 e. The van der Waals surface area contributed by atoms with Crippen molar-refractivity contribution in [3.05, 3.63) is 17.3 Å². The van der Waals surface area contributed by atoms with Gasteiger partial charge in [0.15, 0.2) is 0 Å². The number of rotatable bonds is 4. The van der Waals surface area contributed by atoms with E-state index < -0.39 is 12.0 Å². The van der Waals surface area contributed by atoms with E-state index in [1.165, 1.54) is 17.7 Å². The monoisotopic (exact) mass is 261 g/mol. The maximum absolute atomic E-state index is 11.0. The summed E-state index contributed by atoms with van der Waals surface area (Å²) >= 11 is 1.54. The number of carbonyl (C=O) groups is 1. The van der Waals surface area contributed by atoms with Crippen molar-refractivity contribution in [1.29, 1.82) is 0 Å². The average Bonchev–Trinajstić information content (AvgIpc) is 2.69. The summed E-state index contributed by atoms with van der Waals surface area (Å²) in [6.45, 7) is 1.96. The summed E-state index contributed by atoms with van der Waals surface area (Å²) in [5, 5.41) is 12.7. The van der Waals surface area contributed by atoms with E-state index in [-0.39, 0.29) is 6.42 Å². The second kappa shape index (κ2) is 5.02. The Kier molecular flexibility index (Phi) is 3.44. The topological polar surface area (TPSA) is 75.1 Å². The van der Waals surface area contributed by atoms with Gasteiger partial charge in [0.1, 0.15) is 23.0 Å². The van der Waals surface area contributed by atoms with Crippen LogP contribution >= 0.6 is 11.3 Å². The van der Waals surface area contributed by atoms with Gasteiger partial charge in [0.25, 0.3) is 0 Å². The van der Waals surface area contributed by atoms with Gasteiger partial charge in [0, 0.05) is 11.3 Å². The quantitative estimate of drug-likeness (QED) is 0.822. The highest BCUT2D eigenvalue weighted by Crippen LogP contribution is 2.27. The molecule has 0 aliphatic carbocycles. The standard InChI is InChI=1S/C12H11N3O2S/c1-3-4-9(12(16)17)15-10-8-5-7(2)18-11(8)14-6-13-10/h1,5-6,9H,4H2,2H3,(H,16,17)(H,13,14,15). The fraction of sp³-hybridized carbons (Fsp3) is 0.250. The van der Waals surface area contributed by atoms with E-state index in [9.17, 15) is 4.79 Å². The van der Waals surface area contributed by atoms with E-state index in [2.05, 4.69) is 21.2 Å². The highest BCUT2D eigenvalue weighted by molar-refractivity contribution is 7.18. The Labute approximate surface area is 108 Å². The van der Waals surface area contributed by atoms with Gasteiger partial charge >= 0.3 is 5.97 Å². The lowest BCUT2D eigenvalue weighted by Crippen LogP contribution is -2.29. The minimum atomic E-state index is -0.994. The number of nitrogens with zero attached hydrogens (tertiary/aromatic N) is 2. The molecule has 0 aliphatic heterocycles. The summed E-state index contributed by atoms with van der Waals surface area (Å²) in [5.74, 6) is 1.85. The third-order valence-electron chi connectivity index (χ3n) is 2.38. The van der Waals surface area contributed by atoms with Crippen LogP contribution in [-0.2, 0) is 4.79 Å². The molecule has 2 heterocycles. The Balaban J connectivity index is 2.36. The van der Waals surface area contributed by atoms with Crippen LogP contribution in [0.25, 0.3) is 10.2 Å². The second-order valence-electron chi connectivity index (χ2n) is 3.74. The van der Waals surface area contributed by atoms with E-state index in [0.717, 1.165) is 15.1 Å². The fourth-order valence-corrected chi connectivity index (χ4v) is 2.42. The van der Waals surface area contributed by atoms with Crippen LogP contribution in [0, 0.1) is 19.3 Å². The smallest absolute Gasteiger partial charge is 0.327 e. The molecule has 5 nitrogen and oxygen atoms in total. The Bertz CT molecular complexity index is 630. The number of anilines is 1. The zero-order valence-electron chi connectivity index (χ0n) is 9.67. The van der Waals surface area contributed by atoms with Crippen molar-refractivity contribution in [3.63, 3.8) is 0 Å². The fourth-order valence-electron chi connectivity index (χ4n) is 1.57. The zero-order chi connectivity index (χ0) is 13.1. The third-order valence-corrected chi connectivity index (χ3v) is 3.34. The number of aliphatic carboxylic acids is 1. The van der Waals surface area contributed by atoms with Crippen LogP contribution in [0.1, 0.15) is 11.3 Å². The molecule has 0 saturated heterocycles. The van der Waals surface area contributed by atoms with Crippen LogP contribution < -0.4 is 5.32 Å². The highest BCUT2D eigenvalue weighted by atomic mass is 32.1. The van der Waals surface area contributed by atoms with Crippen molar-refractivity contribution in [2.45, 2.75) is 19.4 Å². The molecule has 0 aliphatic rings. The average molecular weight is 261 g/mol. The van der Waals surface area contributed by atoms with Gasteiger partial charge in [-0.2, -0.15) is 0 Å². The number of terminal acetylenes is 1. The molecule has 2 aromatic heterocycles. The van der Waals surface area contributed by atoms with Gasteiger partial charge in [-0.05, 0) is 13.0 Å². The van der Waals surface area contributed by atoms with E-state index in [1.54, 1.807) is 0 Å². The van der Waals surface area contributed by atoms with E-state index in [4.69, 9.17) is 11.5 Å². The molecular weight excluding hydrogens is 250 g/mol. The Morgan fingerprint density at radius 1 is 1.67 bits per heavy atom. The van der Waals surface area contributed by atoms with Gasteiger partial charge in [0.05, 0.1) is 5.39 Å². The Morgan fingerprint density at radius 2 is 2.44 bits per heavy atom. The van der Waals surface area contributed by atoms with Crippen molar-refractivity contribution in [1.82, 2.24) is 9.97 Å². The largest absolute Gasteiger partial charge is 0.480 e. The predicted octanol–water partition coefficient (Wildman–Crippen LogP) is 1.89. The van der Waals surface area contributed by atoms with E-state index in [1.807, 2.05) is 13.0 Å². The van der Waals surface area contributed by atoms with Crippen LogP contribution in [-0.4, -0.2) is 27.1 Å². The third kappa shape index (κ3) is 2.41. The highest BCUT2D eigenvalue weighted by Gasteiger charge is 2.18. The van der Waals surface area contributed by atoms with Crippen LogP contribution in [0.3, 0.4) is 0 Å². The molecule has 0 bridgehead atoms. The molecule has 92 valence electrons. The number of carboxylic acid groups (broad SMARTS) is 1. The van der Waals surface area contributed by atoms with Crippen LogP contribution in [0.4, 0.5) is 5.82 Å². The molecule has 18 heavy (non-hydrogen) atoms. The van der Waals surface area contributed by atoms with Gasteiger partial charge in [-0.25, -0.2) is 14.8 Å². The first-order valence-electron chi connectivity index (χ1n) is 5.25. The molecule has 0 aromatic carbocycles. The summed E-state index contributed by atoms with van der Waals surface area (Å²) in [6.07, 6.45) is 6.67. The van der Waals surface area contributed by atoms with E-state index in [0.29, 0.717) is 5.82 Å². The predicted molar refractivity (Wildman–Crippen MR) is 70.6 cm³/mol. The van der Waals surface area contributed by atoms with E-state index >= 15 is 0 Å².